The number of anilines is 1. The molecule has 90 valence electrons. The molecule has 0 heterocycles. The molecule has 1 N–H and O–H groups in total. The van der Waals surface area contributed by atoms with Crippen molar-refractivity contribution in [1.29, 1.82) is 0 Å². The minimum atomic E-state index is -0.629. The molecule has 0 saturated heterocycles. The van der Waals surface area contributed by atoms with Crippen molar-refractivity contribution < 1.29 is 14.3 Å². The van der Waals surface area contributed by atoms with Crippen molar-refractivity contribution in [2.45, 2.75) is 13.2 Å². The number of para-hydroxylation sites is 1. The predicted octanol–water partition coefficient (Wildman–Crippen LogP) is 2.99. The summed E-state index contributed by atoms with van der Waals surface area (Å²) in [7, 11) is 0. The highest BCUT2D eigenvalue weighted by Crippen LogP contribution is 2.06. The van der Waals surface area contributed by atoms with Crippen LogP contribution in [0.25, 0.3) is 0 Å². The van der Waals surface area contributed by atoms with Gasteiger partial charge in [0.05, 0.1) is 0 Å². The normalized spacial score (nSPS) is 10.9. The fourth-order valence-electron chi connectivity index (χ4n) is 1.04. The SMILES string of the molecule is CC(OCC#CI)OC(=O)Nc1ccccc1. The van der Waals surface area contributed by atoms with Crippen LogP contribution in [0.15, 0.2) is 30.3 Å². The minimum Gasteiger partial charge on any atom is -0.420 e. The van der Waals surface area contributed by atoms with Gasteiger partial charge in [-0.2, -0.15) is 0 Å². The maximum atomic E-state index is 11.4. The van der Waals surface area contributed by atoms with Crippen molar-refractivity contribution in [3.8, 4) is 9.85 Å². The largest absolute Gasteiger partial charge is 0.420 e. The van der Waals surface area contributed by atoms with E-state index < -0.39 is 12.4 Å². The number of halogens is 1. The van der Waals surface area contributed by atoms with Crippen LogP contribution < -0.4 is 5.32 Å². The van der Waals surface area contributed by atoms with Gasteiger partial charge in [-0.3, -0.25) is 5.32 Å². The lowest BCUT2D eigenvalue weighted by Crippen LogP contribution is -2.22. The van der Waals surface area contributed by atoms with Gasteiger partial charge in [0.15, 0.2) is 0 Å². The van der Waals surface area contributed by atoms with Gasteiger partial charge in [0.25, 0.3) is 0 Å². The van der Waals surface area contributed by atoms with E-state index in [0.29, 0.717) is 5.69 Å². The molecule has 5 heteroatoms. The predicted molar refractivity (Wildman–Crippen MR) is 73.8 cm³/mol. The third kappa shape index (κ3) is 6.14. The van der Waals surface area contributed by atoms with E-state index in [-0.39, 0.29) is 6.61 Å². The first-order chi connectivity index (χ1) is 8.22. The maximum Gasteiger partial charge on any atom is 0.413 e. The van der Waals surface area contributed by atoms with E-state index in [2.05, 4.69) is 15.2 Å². The molecule has 17 heavy (non-hydrogen) atoms. The zero-order valence-corrected chi connectivity index (χ0v) is 11.4. The lowest BCUT2D eigenvalue weighted by Gasteiger charge is -2.12. The third-order valence-electron chi connectivity index (χ3n) is 1.75. The summed E-state index contributed by atoms with van der Waals surface area (Å²) in [5.41, 5.74) is 0.678. The molecule has 0 bridgehead atoms. The molecular formula is C12H12INO3. The minimum absolute atomic E-state index is 0.239. The molecule has 1 amide bonds. The van der Waals surface area contributed by atoms with Gasteiger partial charge >= 0.3 is 6.09 Å². The summed E-state index contributed by atoms with van der Waals surface area (Å²) in [6.45, 7) is 1.88. The molecule has 0 spiro atoms. The topological polar surface area (TPSA) is 47.6 Å². The summed E-state index contributed by atoms with van der Waals surface area (Å²) >= 11 is 1.91. The molecule has 0 saturated carbocycles. The van der Waals surface area contributed by atoms with Gasteiger partial charge < -0.3 is 9.47 Å². The van der Waals surface area contributed by atoms with Crippen molar-refractivity contribution in [3.63, 3.8) is 0 Å². The first-order valence-electron chi connectivity index (χ1n) is 4.95. The molecule has 0 aliphatic carbocycles. The van der Waals surface area contributed by atoms with Gasteiger partial charge in [-0.15, -0.1) is 0 Å². The Morgan fingerprint density at radius 3 is 2.82 bits per heavy atom. The number of hydrogen-bond acceptors (Lipinski definition) is 3. The highest BCUT2D eigenvalue weighted by Gasteiger charge is 2.08. The van der Waals surface area contributed by atoms with Crippen molar-refractivity contribution in [1.82, 2.24) is 0 Å². The molecule has 1 aromatic carbocycles. The van der Waals surface area contributed by atoms with Gasteiger partial charge in [0.2, 0.25) is 6.29 Å². The lowest BCUT2D eigenvalue weighted by molar-refractivity contribution is -0.0754. The molecule has 0 fully saturated rings. The average molecular weight is 345 g/mol. The number of carbonyl (C=O) groups is 1. The average Bonchev–Trinajstić information content (AvgIpc) is 2.30. The number of hydrogen-bond donors (Lipinski definition) is 1. The quantitative estimate of drug-likeness (QED) is 0.519. The Bertz CT molecular complexity index is 411. The highest BCUT2D eigenvalue weighted by atomic mass is 127. The fourth-order valence-corrected chi connectivity index (χ4v) is 1.20. The second-order valence-corrected chi connectivity index (χ2v) is 3.59. The summed E-state index contributed by atoms with van der Waals surface area (Å²) in [4.78, 5) is 11.4. The van der Waals surface area contributed by atoms with E-state index >= 15 is 0 Å². The summed E-state index contributed by atoms with van der Waals surface area (Å²) in [6.07, 6.45) is -1.18. The molecule has 0 aliphatic heterocycles. The van der Waals surface area contributed by atoms with Crippen LogP contribution in [0.2, 0.25) is 0 Å². The Morgan fingerprint density at radius 2 is 2.18 bits per heavy atom. The number of amides is 1. The molecule has 0 radical (unpaired) electrons. The Kier molecular flexibility index (Phi) is 6.43. The smallest absolute Gasteiger partial charge is 0.413 e. The maximum absolute atomic E-state index is 11.4. The van der Waals surface area contributed by atoms with Crippen LogP contribution in [0.3, 0.4) is 0 Å². The van der Waals surface area contributed by atoms with Crippen LogP contribution in [0.1, 0.15) is 6.92 Å². The number of carbonyl (C=O) groups excluding carboxylic acids is 1. The molecule has 1 unspecified atom stereocenters. The number of rotatable bonds is 4. The van der Waals surface area contributed by atoms with E-state index in [4.69, 9.17) is 9.47 Å². The number of ether oxygens (including phenoxy) is 2. The molecule has 0 aliphatic rings. The monoisotopic (exact) mass is 345 g/mol. The zero-order valence-electron chi connectivity index (χ0n) is 9.27. The molecule has 1 rings (SSSR count). The van der Waals surface area contributed by atoms with Crippen molar-refractivity contribution >= 4 is 34.4 Å². The van der Waals surface area contributed by atoms with E-state index in [9.17, 15) is 4.79 Å². The lowest BCUT2D eigenvalue weighted by atomic mass is 10.3. The van der Waals surface area contributed by atoms with Gasteiger partial charge in [-0.05, 0) is 23.0 Å². The molecule has 0 aromatic heterocycles. The first kappa shape index (κ1) is 13.8. The second-order valence-electron chi connectivity index (χ2n) is 3.05. The van der Waals surface area contributed by atoms with Gasteiger partial charge in [0, 0.05) is 28.3 Å². The fraction of sp³-hybridized carbons (Fsp3) is 0.250. The van der Waals surface area contributed by atoms with Crippen LogP contribution in [-0.4, -0.2) is 19.0 Å². The second kappa shape index (κ2) is 7.92. The highest BCUT2D eigenvalue weighted by molar-refractivity contribution is 14.1. The number of benzene rings is 1. The van der Waals surface area contributed by atoms with Crippen molar-refractivity contribution in [2.75, 3.05) is 11.9 Å². The van der Waals surface area contributed by atoms with E-state index in [1.165, 1.54) is 0 Å². The Hall–Kier alpha value is -1.26. The number of nitrogens with one attached hydrogen (secondary N) is 1. The summed E-state index contributed by atoms with van der Waals surface area (Å²) in [6, 6.07) is 9.06. The van der Waals surface area contributed by atoms with Crippen LogP contribution in [0.4, 0.5) is 10.5 Å². The van der Waals surface area contributed by atoms with E-state index in [1.807, 2.05) is 40.8 Å². The van der Waals surface area contributed by atoms with Crippen molar-refractivity contribution in [3.05, 3.63) is 30.3 Å². The van der Waals surface area contributed by atoms with Crippen LogP contribution in [-0.2, 0) is 9.47 Å². The van der Waals surface area contributed by atoms with Crippen LogP contribution in [0, 0.1) is 9.85 Å². The Labute approximate surface area is 114 Å². The molecule has 1 atom stereocenters. The first-order valence-corrected chi connectivity index (χ1v) is 6.03. The Morgan fingerprint density at radius 1 is 1.47 bits per heavy atom. The summed E-state index contributed by atoms with van der Waals surface area (Å²) in [5, 5.41) is 2.58. The van der Waals surface area contributed by atoms with E-state index in [1.54, 1.807) is 19.1 Å². The van der Waals surface area contributed by atoms with Gasteiger partial charge in [0.1, 0.15) is 6.61 Å². The third-order valence-corrected chi connectivity index (χ3v) is 2.13. The molecule has 1 aromatic rings. The summed E-state index contributed by atoms with van der Waals surface area (Å²) < 4.78 is 12.7. The van der Waals surface area contributed by atoms with E-state index in [0.717, 1.165) is 0 Å². The zero-order chi connectivity index (χ0) is 12.5. The molecular weight excluding hydrogens is 333 g/mol. The van der Waals surface area contributed by atoms with Crippen LogP contribution in [0.5, 0.6) is 0 Å². The van der Waals surface area contributed by atoms with Crippen molar-refractivity contribution in [2.24, 2.45) is 0 Å². The Balaban J connectivity index is 2.31. The van der Waals surface area contributed by atoms with Gasteiger partial charge in [-0.1, -0.05) is 24.1 Å². The van der Waals surface area contributed by atoms with Gasteiger partial charge in [-0.25, -0.2) is 4.79 Å². The van der Waals surface area contributed by atoms with Crippen LogP contribution >= 0.6 is 22.6 Å². The standard InChI is InChI=1S/C12H12INO3/c1-10(16-9-5-8-13)17-12(15)14-11-6-3-2-4-7-11/h2-4,6-7,10H,9H2,1H3,(H,14,15). The summed E-state index contributed by atoms with van der Waals surface area (Å²) in [5.74, 6) is 2.70. The molecule has 4 nitrogen and oxygen atoms in total.